The minimum absolute atomic E-state index is 0.130. The molecule has 0 radical (unpaired) electrons. The van der Waals surface area contributed by atoms with Crippen LogP contribution < -0.4 is 11.1 Å². The molecule has 3 N–H and O–H groups in total. The van der Waals surface area contributed by atoms with Gasteiger partial charge in [-0.1, -0.05) is 0 Å². The fourth-order valence-corrected chi connectivity index (χ4v) is 1.18. The normalized spacial score (nSPS) is 11.4. The molecule has 0 fully saturated rings. The summed E-state index contributed by atoms with van der Waals surface area (Å²) in [4.78, 5) is 3.97. The smallest absolute Gasteiger partial charge is 0.389 e. The van der Waals surface area contributed by atoms with E-state index in [1.54, 1.807) is 12.1 Å². The first-order valence-corrected chi connectivity index (χ1v) is 4.99. The van der Waals surface area contributed by atoms with E-state index in [1.165, 1.54) is 6.20 Å². The van der Waals surface area contributed by atoms with Crippen LogP contribution in [0.5, 0.6) is 0 Å². The van der Waals surface area contributed by atoms with Crippen molar-refractivity contribution in [1.82, 2.24) is 4.98 Å². The molecule has 1 aromatic rings. The van der Waals surface area contributed by atoms with Crippen LogP contribution in [0.15, 0.2) is 18.3 Å². The summed E-state index contributed by atoms with van der Waals surface area (Å²) in [5.74, 6) is 0.626. The molecule has 0 aliphatic carbocycles. The maximum atomic E-state index is 11.8. The Morgan fingerprint density at radius 3 is 2.56 bits per heavy atom. The molecule has 0 aliphatic rings. The summed E-state index contributed by atoms with van der Waals surface area (Å²) in [7, 11) is 0. The molecule has 1 aromatic heterocycles. The van der Waals surface area contributed by atoms with Gasteiger partial charge < -0.3 is 11.1 Å². The molecule has 0 aromatic carbocycles. The number of pyridine rings is 1. The first-order valence-electron chi connectivity index (χ1n) is 4.99. The number of nitrogens with two attached hydrogens (primary N) is 1. The Labute approximate surface area is 91.9 Å². The molecule has 16 heavy (non-hydrogen) atoms. The van der Waals surface area contributed by atoms with Crippen LogP contribution in [0.25, 0.3) is 0 Å². The second kappa shape index (κ2) is 5.58. The number of anilines is 2. The second-order valence-corrected chi connectivity index (χ2v) is 3.48. The summed E-state index contributed by atoms with van der Waals surface area (Å²) < 4.78 is 35.4. The van der Waals surface area contributed by atoms with Gasteiger partial charge in [-0.2, -0.15) is 13.2 Å². The van der Waals surface area contributed by atoms with E-state index in [2.05, 4.69) is 10.3 Å². The molecular weight excluding hydrogens is 219 g/mol. The van der Waals surface area contributed by atoms with Gasteiger partial charge in [-0.15, -0.1) is 0 Å². The number of hydrogen-bond donors (Lipinski definition) is 2. The highest BCUT2D eigenvalue weighted by Crippen LogP contribution is 2.22. The van der Waals surface area contributed by atoms with Crippen LogP contribution in [-0.2, 0) is 0 Å². The van der Waals surface area contributed by atoms with E-state index in [0.29, 0.717) is 24.5 Å². The highest BCUT2D eigenvalue weighted by atomic mass is 19.4. The molecule has 0 unspecified atom stereocenters. The lowest BCUT2D eigenvalue weighted by Crippen LogP contribution is -2.09. The number of nitrogens with zero attached hydrogens (tertiary/aromatic N) is 1. The van der Waals surface area contributed by atoms with Crippen molar-refractivity contribution in [2.75, 3.05) is 17.6 Å². The standard InChI is InChI=1S/C10H14F3N3/c11-10(12,13)5-1-2-6-15-9-4-3-8(14)7-16-9/h3-4,7H,1-2,5-6,14H2,(H,15,16). The first-order chi connectivity index (χ1) is 7.47. The predicted octanol–water partition coefficient (Wildman–Crippen LogP) is 2.81. The summed E-state index contributed by atoms with van der Waals surface area (Å²) in [5, 5.41) is 2.92. The highest BCUT2D eigenvalue weighted by molar-refractivity contribution is 5.43. The van der Waals surface area contributed by atoms with Crippen LogP contribution >= 0.6 is 0 Å². The first kappa shape index (κ1) is 12.6. The molecule has 0 bridgehead atoms. The van der Waals surface area contributed by atoms with Gasteiger partial charge in [0.2, 0.25) is 0 Å². The van der Waals surface area contributed by atoms with Gasteiger partial charge in [0.05, 0.1) is 11.9 Å². The van der Waals surface area contributed by atoms with E-state index in [9.17, 15) is 13.2 Å². The van der Waals surface area contributed by atoms with E-state index in [-0.39, 0.29) is 6.42 Å². The van der Waals surface area contributed by atoms with E-state index >= 15 is 0 Å². The number of unbranched alkanes of at least 4 members (excludes halogenated alkanes) is 1. The van der Waals surface area contributed by atoms with Gasteiger partial charge in [0.25, 0.3) is 0 Å². The quantitative estimate of drug-likeness (QED) is 0.769. The fourth-order valence-electron chi connectivity index (χ4n) is 1.18. The van der Waals surface area contributed by atoms with Gasteiger partial charge in [-0.05, 0) is 25.0 Å². The summed E-state index contributed by atoms with van der Waals surface area (Å²) >= 11 is 0. The predicted molar refractivity (Wildman–Crippen MR) is 57.0 cm³/mol. The van der Waals surface area contributed by atoms with E-state index in [4.69, 9.17) is 5.73 Å². The minimum atomic E-state index is -4.06. The molecule has 6 heteroatoms. The van der Waals surface area contributed by atoms with Crippen molar-refractivity contribution in [2.45, 2.75) is 25.4 Å². The SMILES string of the molecule is Nc1ccc(NCCCCC(F)(F)F)nc1. The average molecular weight is 233 g/mol. The molecule has 0 saturated carbocycles. The molecule has 1 rings (SSSR count). The number of alkyl halides is 3. The number of aromatic nitrogens is 1. The van der Waals surface area contributed by atoms with Crippen molar-refractivity contribution in [3.63, 3.8) is 0 Å². The second-order valence-electron chi connectivity index (χ2n) is 3.48. The van der Waals surface area contributed by atoms with Crippen LogP contribution in [0.3, 0.4) is 0 Å². The number of rotatable bonds is 5. The summed E-state index contributed by atoms with van der Waals surface area (Å²) in [5.41, 5.74) is 5.99. The fraction of sp³-hybridized carbons (Fsp3) is 0.500. The summed E-state index contributed by atoms with van der Waals surface area (Å²) in [6, 6.07) is 3.38. The van der Waals surface area contributed by atoms with Gasteiger partial charge in [0, 0.05) is 13.0 Å². The van der Waals surface area contributed by atoms with Crippen LogP contribution in [0.1, 0.15) is 19.3 Å². The Hall–Kier alpha value is -1.46. The van der Waals surface area contributed by atoms with Crippen molar-refractivity contribution in [1.29, 1.82) is 0 Å². The molecule has 3 nitrogen and oxygen atoms in total. The lowest BCUT2D eigenvalue weighted by molar-refractivity contribution is -0.135. The zero-order valence-electron chi connectivity index (χ0n) is 8.72. The molecule has 0 amide bonds. The third kappa shape index (κ3) is 5.43. The van der Waals surface area contributed by atoms with Gasteiger partial charge in [-0.3, -0.25) is 0 Å². The summed E-state index contributed by atoms with van der Waals surface area (Å²) in [6.07, 6.45) is -2.70. The zero-order chi connectivity index (χ0) is 12.0. The lowest BCUT2D eigenvalue weighted by Gasteiger charge is -2.07. The molecule has 0 saturated heterocycles. The van der Waals surface area contributed by atoms with E-state index < -0.39 is 12.6 Å². The lowest BCUT2D eigenvalue weighted by atomic mass is 10.2. The topological polar surface area (TPSA) is 50.9 Å². The number of hydrogen-bond acceptors (Lipinski definition) is 3. The molecule has 0 aliphatic heterocycles. The van der Waals surface area contributed by atoms with Crippen molar-refractivity contribution in [3.8, 4) is 0 Å². The Morgan fingerprint density at radius 1 is 1.25 bits per heavy atom. The highest BCUT2D eigenvalue weighted by Gasteiger charge is 2.25. The van der Waals surface area contributed by atoms with Gasteiger partial charge in [0.1, 0.15) is 5.82 Å². The largest absolute Gasteiger partial charge is 0.397 e. The van der Waals surface area contributed by atoms with Gasteiger partial charge in [-0.25, -0.2) is 4.98 Å². The third-order valence-electron chi connectivity index (χ3n) is 1.98. The Morgan fingerprint density at radius 2 is 2.00 bits per heavy atom. The van der Waals surface area contributed by atoms with Gasteiger partial charge >= 0.3 is 6.18 Å². The van der Waals surface area contributed by atoms with E-state index in [1.807, 2.05) is 0 Å². The van der Waals surface area contributed by atoms with Crippen molar-refractivity contribution < 1.29 is 13.2 Å². The monoisotopic (exact) mass is 233 g/mol. The molecule has 0 atom stereocenters. The molecular formula is C10H14F3N3. The van der Waals surface area contributed by atoms with E-state index in [0.717, 1.165) is 0 Å². The summed E-state index contributed by atoms with van der Waals surface area (Å²) in [6.45, 7) is 0.479. The Bertz CT molecular complexity index is 308. The molecule has 90 valence electrons. The maximum Gasteiger partial charge on any atom is 0.389 e. The van der Waals surface area contributed by atoms with Crippen molar-refractivity contribution >= 4 is 11.5 Å². The maximum absolute atomic E-state index is 11.8. The molecule has 1 heterocycles. The van der Waals surface area contributed by atoms with Crippen molar-refractivity contribution in [2.24, 2.45) is 0 Å². The van der Waals surface area contributed by atoms with Crippen LogP contribution in [0, 0.1) is 0 Å². The molecule has 0 spiro atoms. The Kier molecular flexibility index (Phi) is 4.39. The van der Waals surface area contributed by atoms with Crippen LogP contribution in [-0.4, -0.2) is 17.7 Å². The average Bonchev–Trinajstić information content (AvgIpc) is 2.19. The zero-order valence-corrected chi connectivity index (χ0v) is 8.72. The van der Waals surface area contributed by atoms with Crippen molar-refractivity contribution in [3.05, 3.63) is 18.3 Å². The number of halogens is 3. The van der Waals surface area contributed by atoms with Crippen LogP contribution in [0.2, 0.25) is 0 Å². The van der Waals surface area contributed by atoms with Crippen LogP contribution in [0.4, 0.5) is 24.7 Å². The number of nitrogen functional groups attached to an aromatic ring is 1. The Balaban J connectivity index is 2.14. The number of nitrogens with one attached hydrogen (secondary N) is 1. The minimum Gasteiger partial charge on any atom is -0.397 e. The third-order valence-corrected chi connectivity index (χ3v) is 1.98. The van der Waals surface area contributed by atoms with Gasteiger partial charge in [0.15, 0.2) is 0 Å².